The molecule has 0 aliphatic carbocycles. The van der Waals surface area contributed by atoms with Crippen molar-refractivity contribution in [3.05, 3.63) is 45.9 Å². The molecular formula is C15H20N2S. The van der Waals surface area contributed by atoms with Crippen LogP contribution in [0.1, 0.15) is 42.5 Å². The van der Waals surface area contributed by atoms with Gasteiger partial charge in [-0.25, -0.2) is 4.98 Å². The van der Waals surface area contributed by atoms with E-state index in [9.17, 15) is 0 Å². The van der Waals surface area contributed by atoms with Crippen molar-refractivity contribution >= 4 is 17.0 Å². The van der Waals surface area contributed by atoms with Crippen molar-refractivity contribution in [3.63, 3.8) is 0 Å². The lowest BCUT2D eigenvalue weighted by Gasteiger charge is -2.10. The molecule has 1 atom stereocenters. The summed E-state index contributed by atoms with van der Waals surface area (Å²) in [5, 5.41) is 6.63. The molecule has 0 aliphatic rings. The minimum Gasteiger partial charge on any atom is -0.379 e. The van der Waals surface area contributed by atoms with Crippen LogP contribution >= 0.6 is 11.3 Å². The van der Waals surface area contributed by atoms with Crippen LogP contribution < -0.4 is 5.32 Å². The fraction of sp³-hybridized carbons (Fsp3) is 0.400. The van der Waals surface area contributed by atoms with Gasteiger partial charge >= 0.3 is 0 Å². The van der Waals surface area contributed by atoms with Gasteiger partial charge in [0.05, 0.1) is 6.54 Å². The van der Waals surface area contributed by atoms with Crippen LogP contribution in [0.2, 0.25) is 0 Å². The third-order valence-electron chi connectivity index (χ3n) is 3.20. The van der Waals surface area contributed by atoms with Gasteiger partial charge in [-0.3, -0.25) is 0 Å². The first kappa shape index (κ1) is 13.1. The standard InChI is InChI=1S/C15H20N2S/c1-4-11(2)13-5-7-14(8-6-13)16-9-15-17-12(3)10-18-15/h5-8,10-11,16H,4,9H2,1-3H3. The summed E-state index contributed by atoms with van der Waals surface area (Å²) in [5.74, 6) is 0.640. The van der Waals surface area contributed by atoms with Crippen molar-refractivity contribution in [3.8, 4) is 0 Å². The van der Waals surface area contributed by atoms with Gasteiger partial charge in [0.1, 0.15) is 5.01 Å². The SMILES string of the molecule is CCC(C)c1ccc(NCc2nc(C)cs2)cc1. The van der Waals surface area contributed by atoms with E-state index in [1.54, 1.807) is 11.3 Å². The molecule has 1 aromatic heterocycles. The van der Waals surface area contributed by atoms with Crippen LogP contribution in [0.15, 0.2) is 29.6 Å². The number of anilines is 1. The van der Waals surface area contributed by atoms with Crippen LogP contribution in [0.5, 0.6) is 0 Å². The number of rotatable bonds is 5. The topological polar surface area (TPSA) is 24.9 Å². The third-order valence-corrected chi connectivity index (χ3v) is 4.17. The second-order valence-electron chi connectivity index (χ2n) is 4.67. The average Bonchev–Trinajstić information content (AvgIpc) is 2.82. The molecule has 0 bridgehead atoms. The molecule has 18 heavy (non-hydrogen) atoms. The Morgan fingerprint density at radius 2 is 2.00 bits per heavy atom. The Morgan fingerprint density at radius 1 is 1.28 bits per heavy atom. The van der Waals surface area contributed by atoms with Crippen LogP contribution in [0.3, 0.4) is 0 Å². The highest BCUT2D eigenvalue weighted by atomic mass is 32.1. The highest BCUT2D eigenvalue weighted by Crippen LogP contribution is 2.21. The predicted octanol–water partition coefficient (Wildman–Crippen LogP) is 4.58. The number of thiazole rings is 1. The zero-order chi connectivity index (χ0) is 13.0. The summed E-state index contributed by atoms with van der Waals surface area (Å²) in [6.45, 7) is 7.32. The minimum atomic E-state index is 0.640. The molecule has 2 aromatic rings. The fourth-order valence-electron chi connectivity index (χ4n) is 1.83. The van der Waals surface area contributed by atoms with E-state index in [0.29, 0.717) is 5.92 Å². The molecule has 0 saturated carbocycles. The first-order valence-electron chi connectivity index (χ1n) is 6.44. The Morgan fingerprint density at radius 3 is 2.56 bits per heavy atom. The Balaban J connectivity index is 1.94. The summed E-state index contributed by atoms with van der Waals surface area (Å²) in [5.41, 5.74) is 3.67. The number of hydrogen-bond donors (Lipinski definition) is 1. The molecule has 0 aliphatic heterocycles. The van der Waals surface area contributed by atoms with Gasteiger partial charge < -0.3 is 5.32 Å². The van der Waals surface area contributed by atoms with Crippen molar-refractivity contribution in [2.75, 3.05) is 5.32 Å². The normalized spacial score (nSPS) is 12.4. The lowest BCUT2D eigenvalue weighted by molar-refractivity contribution is 0.734. The van der Waals surface area contributed by atoms with Crippen LogP contribution in [0.4, 0.5) is 5.69 Å². The molecule has 2 nitrogen and oxygen atoms in total. The average molecular weight is 260 g/mol. The van der Waals surface area contributed by atoms with Crippen molar-refractivity contribution in [2.45, 2.75) is 39.7 Å². The first-order chi connectivity index (χ1) is 8.69. The molecule has 96 valence electrons. The maximum atomic E-state index is 4.44. The van der Waals surface area contributed by atoms with Gasteiger partial charge in [-0.05, 0) is 37.0 Å². The van der Waals surface area contributed by atoms with Crippen molar-refractivity contribution in [1.82, 2.24) is 4.98 Å². The van der Waals surface area contributed by atoms with Crippen molar-refractivity contribution in [1.29, 1.82) is 0 Å². The Bertz CT molecular complexity index is 487. The summed E-state index contributed by atoms with van der Waals surface area (Å²) in [6.07, 6.45) is 1.19. The lowest BCUT2D eigenvalue weighted by Crippen LogP contribution is -1.99. The van der Waals surface area contributed by atoms with Gasteiger partial charge in [0.2, 0.25) is 0 Å². The van der Waals surface area contributed by atoms with E-state index in [1.807, 2.05) is 6.92 Å². The molecule has 1 heterocycles. The molecule has 0 amide bonds. The summed E-state index contributed by atoms with van der Waals surface area (Å²) in [7, 11) is 0. The van der Waals surface area contributed by atoms with E-state index in [0.717, 1.165) is 22.9 Å². The monoisotopic (exact) mass is 260 g/mol. The molecule has 0 saturated heterocycles. The number of aryl methyl sites for hydroxylation is 1. The van der Waals surface area contributed by atoms with E-state index in [2.05, 4.69) is 53.8 Å². The molecule has 3 heteroatoms. The van der Waals surface area contributed by atoms with Gasteiger partial charge in [-0.1, -0.05) is 26.0 Å². The molecule has 0 radical (unpaired) electrons. The third kappa shape index (κ3) is 3.33. The smallest absolute Gasteiger partial charge is 0.112 e. The van der Waals surface area contributed by atoms with Crippen LogP contribution in [-0.2, 0) is 6.54 Å². The van der Waals surface area contributed by atoms with Gasteiger partial charge in [0, 0.05) is 16.8 Å². The number of nitrogens with one attached hydrogen (secondary N) is 1. The zero-order valence-electron chi connectivity index (χ0n) is 11.2. The van der Waals surface area contributed by atoms with Crippen molar-refractivity contribution < 1.29 is 0 Å². The van der Waals surface area contributed by atoms with Gasteiger partial charge in [-0.2, -0.15) is 0 Å². The Kier molecular flexibility index (Phi) is 4.37. The largest absolute Gasteiger partial charge is 0.379 e. The second kappa shape index (κ2) is 6.01. The second-order valence-corrected chi connectivity index (χ2v) is 5.61. The number of benzene rings is 1. The summed E-state index contributed by atoms with van der Waals surface area (Å²) >= 11 is 1.71. The van der Waals surface area contributed by atoms with Crippen LogP contribution in [-0.4, -0.2) is 4.98 Å². The lowest BCUT2D eigenvalue weighted by atomic mass is 9.99. The van der Waals surface area contributed by atoms with Gasteiger partial charge in [-0.15, -0.1) is 11.3 Å². The number of hydrogen-bond acceptors (Lipinski definition) is 3. The van der Waals surface area contributed by atoms with E-state index >= 15 is 0 Å². The summed E-state index contributed by atoms with van der Waals surface area (Å²) in [6, 6.07) is 8.73. The minimum absolute atomic E-state index is 0.640. The molecule has 0 fully saturated rings. The summed E-state index contributed by atoms with van der Waals surface area (Å²) < 4.78 is 0. The highest BCUT2D eigenvalue weighted by molar-refractivity contribution is 7.09. The van der Waals surface area contributed by atoms with Crippen LogP contribution in [0, 0.1) is 6.92 Å². The Labute approximate surface area is 113 Å². The zero-order valence-corrected chi connectivity index (χ0v) is 12.1. The number of aromatic nitrogens is 1. The fourth-order valence-corrected chi connectivity index (χ4v) is 2.54. The maximum absolute atomic E-state index is 4.44. The maximum Gasteiger partial charge on any atom is 0.112 e. The predicted molar refractivity (Wildman–Crippen MR) is 79.3 cm³/mol. The quantitative estimate of drug-likeness (QED) is 0.851. The number of nitrogens with zero attached hydrogens (tertiary/aromatic N) is 1. The van der Waals surface area contributed by atoms with E-state index in [4.69, 9.17) is 0 Å². The van der Waals surface area contributed by atoms with E-state index < -0.39 is 0 Å². The first-order valence-corrected chi connectivity index (χ1v) is 7.32. The van der Waals surface area contributed by atoms with E-state index in [-0.39, 0.29) is 0 Å². The van der Waals surface area contributed by atoms with Gasteiger partial charge in [0.25, 0.3) is 0 Å². The molecule has 0 spiro atoms. The highest BCUT2D eigenvalue weighted by Gasteiger charge is 2.03. The van der Waals surface area contributed by atoms with E-state index in [1.165, 1.54) is 12.0 Å². The molecular weight excluding hydrogens is 240 g/mol. The van der Waals surface area contributed by atoms with Crippen molar-refractivity contribution in [2.24, 2.45) is 0 Å². The molecule has 1 N–H and O–H groups in total. The van der Waals surface area contributed by atoms with Gasteiger partial charge in [0.15, 0.2) is 0 Å². The molecule has 2 rings (SSSR count). The summed E-state index contributed by atoms with van der Waals surface area (Å²) in [4.78, 5) is 4.44. The molecule has 1 unspecified atom stereocenters. The van der Waals surface area contributed by atoms with Crippen LogP contribution in [0.25, 0.3) is 0 Å². The Hall–Kier alpha value is -1.35. The molecule has 1 aromatic carbocycles.